The molecule has 0 bridgehead atoms. The lowest BCUT2D eigenvalue weighted by atomic mass is 10.1. The van der Waals surface area contributed by atoms with Crippen LogP contribution in [0.3, 0.4) is 0 Å². The van der Waals surface area contributed by atoms with Gasteiger partial charge in [-0.1, -0.05) is 12.1 Å². The molecule has 0 fully saturated rings. The molecule has 0 aliphatic carbocycles. The van der Waals surface area contributed by atoms with Crippen molar-refractivity contribution in [2.24, 2.45) is 5.73 Å². The Morgan fingerprint density at radius 2 is 2.15 bits per heavy atom. The number of nitrogens with two attached hydrogens (primary N) is 1. The van der Waals surface area contributed by atoms with Crippen molar-refractivity contribution in [3.8, 4) is 5.75 Å². The minimum absolute atomic E-state index is 0.202. The van der Waals surface area contributed by atoms with Crippen LogP contribution < -0.4 is 21.4 Å². The Hall–Kier alpha value is -2.83. The normalized spacial score (nSPS) is 10.2. The summed E-state index contributed by atoms with van der Waals surface area (Å²) >= 11 is 0. The minimum atomic E-state index is -0.816. The Kier molecular flexibility index (Phi) is 3.69. The van der Waals surface area contributed by atoms with Crippen LogP contribution in [0, 0.1) is 0 Å². The molecular weight excluding hydrogens is 264 g/mol. The molecule has 0 unspecified atom stereocenters. The number of para-hydroxylation sites is 1. The summed E-state index contributed by atoms with van der Waals surface area (Å²) in [6, 6.07) is 6.38. The van der Waals surface area contributed by atoms with E-state index in [2.05, 4.69) is 5.32 Å². The maximum absolute atomic E-state index is 11.8. The molecular formula is C13H12N2O5. The quantitative estimate of drug-likeness (QED) is 0.764. The zero-order valence-corrected chi connectivity index (χ0v) is 10.6. The van der Waals surface area contributed by atoms with Crippen LogP contribution in [0.25, 0.3) is 11.0 Å². The molecule has 20 heavy (non-hydrogen) atoms. The first kappa shape index (κ1) is 13.6. The predicted octanol–water partition coefficient (Wildman–Crippen LogP) is 0.0167. The summed E-state index contributed by atoms with van der Waals surface area (Å²) in [5.74, 6) is -1.03. The SMILES string of the molecule is COc1cccc2cc(C(=O)NCC(N)=O)c(=O)oc12. The van der Waals surface area contributed by atoms with Crippen LogP contribution in [0.2, 0.25) is 0 Å². The lowest BCUT2D eigenvalue weighted by molar-refractivity contribution is -0.117. The van der Waals surface area contributed by atoms with E-state index in [1.165, 1.54) is 13.2 Å². The number of primary amides is 1. The smallest absolute Gasteiger partial charge is 0.349 e. The van der Waals surface area contributed by atoms with E-state index in [0.717, 1.165) is 0 Å². The van der Waals surface area contributed by atoms with Gasteiger partial charge in [-0.2, -0.15) is 0 Å². The number of nitrogens with one attached hydrogen (secondary N) is 1. The van der Waals surface area contributed by atoms with Crippen LogP contribution in [0.15, 0.2) is 33.5 Å². The van der Waals surface area contributed by atoms with Crippen LogP contribution in [0.1, 0.15) is 10.4 Å². The van der Waals surface area contributed by atoms with Gasteiger partial charge in [0.25, 0.3) is 5.91 Å². The highest BCUT2D eigenvalue weighted by molar-refractivity contribution is 5.98. The third kappa shape index (κ3) is 2.61. The Bertz CT molecular complexity index is 735. The highest BCUT2D eigenvalue weighted by Gasteiger charge is 2.15. The van der Waals surface area contributed by atoms with E-state index in [4.69, 9.17) is 14.9 Å². The van der Waals surface area contributed by atoms with E-state index in [-0.39, 0.29) is 17.7 Å². The standard InChI is InChI=1S/C13H12N2O5/c1-19-9-4-2-3-7-5-8(13(18)20-11(7)9)12(17)15-6-10(14)16/h2-5H,6H2,1H3,(H2,14,16)(H,15,17). The summed E-state index contributed by atoms with van der Waals surface area (Å²) in [5, 5.41) is 2.76. The highest BCUT2D eigenvalue weighted by Crippen LogP contribution is 2.24. The first-order valence-corrected chi connectivity index (χ1v) is 5.70. The van der Waals surface area contributed by atoms with Gasteiger partial charge in [0.2, 0.25) is 5.91 Å². The van der Waals surface area contributed by atoms with Gasteiger partial charge >= 0.3 is 5.63 Å². The zero-order valence-electron chi connectivity index (χ0n) is 10.6. The van der Waals surface area contributed by atoms with E-state index < -0.39 is 17.4 Å². The van der Waals surface area contributed by atoms with Crippen molar-refractivity contribution in [3.63, 3.8) is 0 Å². The average Bonchev–Trinajstić information content (AvgIpc) is 2.43. The van der Waals surface area contributed by atoms with E-state index in [1.54, 1.807) is 18.2 Å². The number of rotatable bonds is 4. The molecule has 2 rings (SSSR count). The van der Waals surface area contributed by atoms with E-state index in [9.17, 15) is 14.4 Å². The van der Waals surface area contributed by atoms with Crippen LogP contribution in [0.5, 0.6) is 5.75 Å². The van der Waals surface area contributed by atoms with Gasteiger partial charge in [-0.05, 0) is 12.1 Å². The van der Waals surface area contributed by atoms with Crippen molar-refractivity contribution in [1.29, 1.82) is 0 Å². The third-order valence-corrected chi connectivity index (χ3v) is 2.61. The number of fused-ring (bicyclic) bond motifs is 1. The fraction of sp³-hybridized carbons (Fsp3) is 0.154. The van der Waals surface area contributed by atoms with Crippen LogP contribution in [-0.2, 0) is 4.79 Å². The van der Waals surface area contributed by atoms with Crippen molar-refractivity contribution in [1.82, 2.24) is 5.32 Å². The summed E-state index contributed by atoms with van der Waals surface area (Å²) in [5.41, 5.74) is 4.15. The molecule has 7 heteroatoms. The second-order valence-corrected chi connectivity index (χ2v) is 3.98. The minimum Gasteiger partial charge on any atom is -0.493 e. The molecule has 1 aromatic carbocycles. The number of methoxy groups -OCH3 is 1. The summed E-state index contributed by atoms with van der Waals surface area (Å²) in [7, 11) is 1.45. The Balaban J connectivity index is 2.46. The topological polar surface area (TPSA) is 112 Å². The first-order chi connectivity index (χ1) is 9.52. The Labute approximate surface area is 113 Å². The van der Waals surface area contributed by atoms with Gasteiger partial charge in [-0.25, -0.2) is 4.79 Å². The lowest BCUT2D eigenvalue weighted by Gasteiger charge is -2.05. The number of carbonyl (C=O) groups excluding carboxylic acids is 2. The van der Waals surface area contributed by atoms with Crippen LogP contribution >= 0.6 is 0 Å². The number of ether oxygens (including phenoxy) is 1. The first-order valence-electron chi connectivity index (χ1n) is 5.70. The largest absolute Gasteiger partial charge is 0.493 e. The number of amides is 2. The van der Waals surface area contributed by atoms with Gasteiger partial charge in [0.1, 0.15) is 5.56 Å². The number of benzene rings is 1. The molecule has 0 atom stereocenters. The van der Waals surface area contributed by atoms with Crippen molar-refractivity contribution in [2.75, 3.05) is 13.7 Å². The summed E-state index contributed by atoms with van der Waals surface area (Å²) in [6.07, 6.45) is 0. The number of carbonyl (C=O) groups is 2. The fourth-order valence-electron chi connectivity index (χ4n) is 1.70. The van der Waals surface area contributed by atoms with Crippen molar-refractivity contribution >= 4 is 22.8 Å². The maximum Gasteiger partial charge on any atom is 0.349 e. The van der Waals surface area contributed by atoms with Gasteiger partial charge in [0.05, 0.1) is 13.7 Å². The monoisotopic (exact) mass is 276 g/mol. The molecule has 0 saturated carbocycles. The zero-order chi connectivity index (χ0) is 14.7. The number of hydrogen-bond acceptors (Lipinski definition) is 5. The highest BCUT2D eigenvalue weighted by atomic mass is 16.5. The average molecular weight is 276 g/mol. The molecule has 1 heterocycles. The number of hydrogen-bond donors (Lipinski definition) is 2. The summed E-state index contributed by atoms with van der Waals surface area (Å²) in [6.45, 7) is -0.353. The van der Waals surface area contributed by atoms with Crippen molar-refractivity contribution in [2.45, 2.75) is 0 Å². The second kappa shape index (κ2) is 5.43. The van der Waals surface area contributed by atoms with Gasteiger partial charge in [0, 0.05) is 5.39 Å². The molecule has 0 aliphatic heterocycles. The molecule has 2 amide bonds. The lowest BCUT2D eigenvalue weighted by Crippen LogP contribution is -2.35. The van der Waals surface area contributed by atoms with E-state index >= 15 is 0 Å². The predicted molar refractivity (Wildman–Crippen MR) is 70.6 cm³/mol. The van der Waals surface area contributed by atoms with Gasteiger partial charge in [-0.3, -0.25) is 9.59 Å². The van der Waals surface area contributed by atoms with Gasteiger partial charge in [-0.15, -0.1) is 0 Å². The third-order valence-electron chi connectivity index (χ3n) is 2.61. The van der Waals surface area contributed by atoms with Gasteiger partial charge in [0.15, 0.2) is 11.3 Å². The Morgan fingerprint density at radius 3 is 2.80 bits per heavy atom. The molecule has 0 saturated heterocycles. The second-order valence-electron chi connectivity index (χ2n) is 3.98. The van der Waals surface area contributed by atoms with Crippen LogP contribution in [-0.4, -0.2) is 25.5 Å². The molecule has 0 aliphatic rings. The van der Waals surface area contributed by atoms with Crippen molar-refractivity contribution < 1.29 is 18.7 Å². The summed E-state index contributed by atoms with van der Waals surface area (Å²) < 4.78 is 10.2. The van der Waals surface area contributed by atoms with Crippen molar-refractivity contribution in [3.05, 3.63) is 40.2 Å². The molecule has 2 aromatic rings. The van der Waals surface area contributed by atoms with E-state index in [1.807, 2.05) is 0 Å². The molecule has 3 N–H and O–H groups in total. The molecule has 104 valence electrons. The van der Waals surface area contributed by atoms with Crippen LogP contribution in [0.4, 0.5) is 0 Å². The Morgan fingerprint density at radius 1 is 1.40 bits per heavy atom. The van der Waals surface area contributed by atoms with Gasteiger partial charge < -0.3 is 20.2 Å². The molecule has 1 aromatic heterocycles. The molecule has 0 spiro atoms. The summed E-state index contributed by atoms with van der Waals surface area (Å²) in [4.78, 5) is 34.2. The molecule has 7 nitrogen and oxygen atoms in total. The molecule has 0 radical (unpaired) electrons. The fourth-order valence-corrected chi connectivity index (χ4v) is 1.70. The maximum atomic E-state index is 11.8. The van der Waals surface area contributed by atoms with E-state index in [0.29, 0.717) is 11.1 Å².